The molecule has 0 radical (unpaired) electrons. The summed E-state index contributed by atoms with van der Waals surface area (Å²) in [6.45, 7) is 6.76. The van der Waals surface area contributed by atoms with Crippen LogP contribution < -0.4 is 15.5 Å². The summed E-state index contributed by atoms with van der Waals surface area (Å²) in [6.07, 6.45) is 0. The van der Waals surface area contributed by atoms with Crippen LogP contribution in [-0.2, 0) is 6.54 Å². The Kier molecular flexibility index (Phi) is 6.32. The van der Waals surface area contributed by atoms with E-state index in [1.54, 1.807) is 7.11 Å². The molecular weight excluding hydrogens is 318 g/mol. The van der Waals surface area contributed by atoms with Gasteiger partial charge in [0.05, 0.1) is 12.8 Å². The molecule has 2 N–H and O–H groups in total. The normalized spacial score (nSPS) is 11.1. The average Bonchev–Trinajstić information content (AvgIpc) is 2.60. The van der Waals surface area contributed by atoms with Gasteiger partial charge in [-0.3, -0.25) is 5.43 Å². The molecule has 0 fully saturated rings. The Balaban J connectivity index is 1.90. The third-order valence-electron chi connectivity index (χ3n) is 3.72. The average molecular weight is 341 g/mol. The SMILES string of the molecule is COc1ccc(CNC(=S)N/N=C(/C)c2cc(C)ccc2C)cc1. The highest BCUT2D eigenvalue weighted by Gasteiger charge is 2.03. The lowest BCUT2D eigenvalue weighted by molar-refractivity contribution is 0.414. The van der Waals surface area contributed by atoms with Gasteiger partial charge in [-0.25, -0.2) is 0 Å². The number of hydrogen-bond donors (Lipinski definition) is 2. The third-order valence-corrected chi connectivity index (χ3v) is 3.96. The van der Waals surface area contributed by atoms with Crippen LogP contribution >= 0.6 is 12.2 Å². The molecule has 0 saturated carbocycles. The lowest BCUT2D eigenvalue weighted by Gasteiger charge is -2.10. The highest BCUT2D eigenvalue weighted by atomic mass is 32.1. The number of benzene rings is 2. The number of aryl methyl sites for hydroxylation is 2. The van der Waals surface area contributed by atoms with Crippen molar-refractivity contribution < 1.29 is 4.74 Å². The maximum Gasteiger partial charge on any atom is 0.187 e. The Morgan fingerprint density at radius 1 is 1.12 bits per heavy atom. The van der Waals surface area contributed by atoms with Crippen LogP contribution in [0.5, 0.6) is 5.75 Å². The van der Waals surface area contributed by atoms with E-state index in [0.29, 0.717) is 11.7 Å². The molecule has 0 aliphatic heterocycles. The first kappa shape index (κ1) is 17.9. The van der Waals surface area contributed by atoms with E-state index in [0.717, 1.165) is 22.6 Å². The Labute approximate surface area is 148 Å². The second kappa shape index (κ2) is 8.45. The van der Waals surface area contributed by atoms with E-state index < -0.39 is 0 Å². The minimum atomic E-state index is 0.496. The van der Waals surface area contributed by atoms with Crippen molar-refractivity contribution in [3.8, 4) is 5.75 Å². The van der Waals surface area contributed by atoms with Gasteiger partial charge < -0.3 is 10.1 Å². The van der Waals surface area contributed by atoms with Crippen molar-refractivity contribution in [2.75, 3.05) is 7.11 Å². The minimum absolute atomic E-state index is 0.496. The number of nitrogens with zero attached hydrogens (tertiary/aromatic N) is 1. The first-order valence-electron chi connectivity index (χ1n) is 7.78. The molecule has 126 valence electrons. The minimum Gasteiger partial charge on any atom is -0.497 e. The molecule has 0 aliphatic rings. The van der Waals surface area contributed by atoms with E-state index in [1.807, 2.05) is 31.2 Å². The van der Waals surface area contributed by atoms with Crippen molar-refractivity contribution in [3.05, 3.63) is 64.7 Å². The molecule has 24 heavy (non-hydrogen) atoms. The first-order valence-corrected chi connectivity index (χ1v) is 8.19. The zero-order valence-electron chi connectivity index (χ0n) is 14.5. The van der Waals surface area contributed by atoms with Gasteiger partial charge in [0.15, 0.2) is 5.11 Å². The molecule has 0 heterocycles. The number of thiocarbonyl (C=S) groups is 1. The molecule has 0 saturated heterocycles. The molecule has 0 atom stereocenters. The predicted octanol–water partition coefficient (Wildman–Crippen LogP) is 3.70. The van der Waals surface area contributed by atoms with E-state index in [4.69, 9.17) is 17.0 Å². The number of ether oxygens (including phenoxy) is 1. The Bertz CT molecular complexity index is 739. The Hall–Kier alpha value is -2.40. The quantitative estimate of drug-likeness (QED) is 0.494. The van der Waals surface area contributed by atoms with Crippen molar-refractivity contribution in [1.29, 1.82) is 0 Å². The monoisotopic (exact) mass is 341 g/mol. The van der Waals surface area contributed by atoms with Gasteiger partial charge in [0.1, 0.15) is 5.75 Å². The van der Waals surface area contributed by atoms with Crippen molar-refractivity contribution in [2.45, 2.75) is 27.3 Å². The summed E-state index contributed by atoms with van der Waals surface area (Å²) in [5.74, 6) is 0.841. The molecule has 2 aromatic carbocycles. The third kappa shape index (κ3) is 5.06. The van der Waals surface area contributed by atoms with Gasteiger partial charge in [-0.1, -0.05) is 29.8 Å². The highest BCUT2D eigenvalue weighted by molar-refractivity contribution is 7.80. The summed E-state index contributed by atoms with van der Waals surface area (Å²) in [7, 11) is 1.66. The largest absolute Gasteiger partial charge is 0.497 e. The molecular formula is C19H23N3OS. The molecule has 0 aliphatic carbocycles. The summed E-state index contributed by atoms with van der Waals surface area (Å²) in [6, 6.07) is 14.2. The zero-order valence-corrected chi connectivity index (χ0v) is 15.3. The van der Waals surface area contributed by atoms with Crippen molar-refractivity contribution >= 4 is 23.0 Å². The van der Waals surface area contributed by atoms with Gasteiger partial charge in [-0.15, -0.1) is 0 Å². The lowest BCUT2D eigenvalue weighted by atomic mass is 10.0. The van der Waals surface area contributed by atoms with Crippen LogP contribution in [0.25, 0.3) is 0 Å². The zero-order chi connectivity index (χ0) is 17.5. The number of hydrogen-bond acceptors (Lipinski definition) is 3. The summed E-state index contributed by atoms with van der Waals surface area (Å²) in [5.41, 5.74) is 8.47. The van der Waals surface area contributed by atoms with Crippen LogP contribution in [0.15, 0.2) is 47.6 Å². The first-order chi connectivity index (χ1) is 11.5. The number of hydrazone groups is 1. The summed E-state index contributed by atoms with van der Waals surface area (Å²) < 4.78 is 5.14. The van der Waals surface area contributed by atoms with Crippen LogP contribution in [0.1, 0.15) is 29.2 Å². The van der Waals surface area contributed by atoms with Crippen molar-refractivity contribution in [2.24, 2.45) is 5.10 Å². The number of nitrogens with one attached hydrogen (secondary N) is 2. The molecule has 4 nitrogen and oxygen atoms in total. The molecule has 5 heteroatoms. The lowest BCUT2D eigenvalue weighted by Crippen LogP contribution is -2.32. The Morgan fingerprint density at radius 3 is 2.50 bits per heavy atom. The summed E-state index contributed by atoms with van der Waals surface area (Å²) >= 11 is 5.27. The van der Waals surface area contributed by atoms with Crippen LogP contribution in [0.2, 0.25) is 0 Å². The van der Waals surface area contributed by atoms with Crippen LogP contribution in [0.4, 0.5) is 0 Å². The van der Waals surface area contributed by atoms with E-state index in [9.17, 15) is 0 Å². The fourth-order valence-electron chi connectivity index (χ4n) is 2.29. The molecule has 0 spiro atoms. The van der Waals surface area contributed by atoms with E-state index in [1.165, 1.54) is 11.1 Å². The van der Waals surface area contributed by atoms with Gasteiger partial charge in [0.25, 0.3) is 0 Å². The highest BCUT2D eigenvalue weighted by Crippen LogP contribution is 2.12. The smallest absolute Gasteiger partial charge is 0.187 e. The standard InChI is InChI=1S/C19H23N3OS/c1-13-5-6-14(2)18(11-13)15(3)21-22-19(24)20-12-16-7-9-17(23-4)10-8-16/h5-11H,12H2,1-4H3,(H2,20,22,24)/b21-15-. The predicted molar refractivity (Wildman–Crippen MR) is 104 cm³/mol. The van der Waals surface area contributed by atoms with Gasteiger partial charge >= 0.3 is 0 Å². The van der Waals surface area contributed by atoms with Crippen LogP contribution in [0, 0.1) is 13.8 Å². The second-order valence-corrected chi connectivity index (χ2v) is 6.07. The molecule has 0 amide bonds. The molecule has 0 unspecified atom stereocenters. The molecule has 0 bridgehead atoms. The topological polar surface area (TPSA) is 45.6 Å². The molecule has 0 aromatic heterocycles. The molecule has 2 aromatic rings. The maximum atomic E-state index is 5.27. The fourth-order valence-corrected chi connectivity index (χ4v) is 2.40. The van der Waals surface area contributed by atoms with E-state index in [2.05, 4.69) is 47.9 Å². The second-order valence-electron chi connectivity index (χ2n) is 5.66. The summed E-state index contributed by atoms with van der Waals surface area (Å²) in [5, 5.41) is 8.02. The van der Waals surface area contributed by atoms with Crippen molar-refractivity contribution in [3.63, 3.8) is 0 Å². The fraction of sp³-hybridized carbons (Fsp3) is 0.263. The van der Waals surface area contributed by atoms with E-state index in [-0.39, 0.29) is 0 Å². The molecule has 2 rings (SSSR count). The van der Waals surface area contributed by atoms with Crippen molar-refractivity contribution in [1.82, 2.24) is 10.7 Å². The van der Waals surface area contributed by atoms with Gasteiger partial charge in [-0.2, -0.15) is 5.10 Å². The van der Waals surface area contributed by atoms with Crippen LogP contribution in [0.3, 0.4) is 0 Å². The van der Waals surface area contributed by atoms with Crippen LogP contribution in [-0.4, -0.2) is 17.9 Å². The van der Waals surface area contributed by atoms with Gasteiger partial charge in [-0.05, 0) is 62.3 Å². The van der Waals surface area contributed by atoms with Gasteiger partial charge in [0, 0.05) is 12.1 Å². The Morgan fingerprint density at radius 2 is 1.83 bits per heavy atom. The number of methoxy groups -OCH3 is 1. The van der Waals surface area contributed by atoms with Gasteiger partial charge in [0.2, 0.25) is 0 Å². The van der Waals surface area contributed by atoms with E-state index >= 15 is 0 Å². The number of rotatable bonds is 5. The summed E-state index contributed by atoms with van der Waals surface area (Å²) in [4.78, 5) is 0. The maximum absolute atomic E-state index is 5.27.